The van der Waals surface area contributed by atoms with Gasteiger partial charge in [-0.25, -0.2) is 13.5 Å². The first-order valence-corrected chi connectivity index (χ1v) is 5.42. The van der Waals surface area contributed by atoms with Crippen LogP contribution in [0.2, 0.25) is 0 Å². The lowest BCUT2D eigenvalue weighted by atomic mass is 10.1. The Morgan fingerprint density at radius 2 is 2.10 bits per heavy atom. The second-order valence-electron chi connectivity index (χ2n) is 3.95. The lowest BCUT2D eigenvalue weighted by Gasteiger charge is -1.99. The number of hydrogen-bond acceptors (Lipinski definition) is 4. The lowest BCUT2D eigenvalue weighted by molar-refractivity contribution is -0.137. The van der Waals surface area contributed by atoms with Gasteiger partial charge in [-0.3, -0.25) is 9.59 Å². The van der Waals surface area contributed by atoms with E-state index >= 15 is 0 Å². The molecule has 0 aliphatic rings. The molecule has 3 N–H and O–H groups in total. The number of aldehydes is 1. The smallest absolute Gasteiger partial charge is 0.325 e. The molecule has 1 heterocycles. The molecule has 0 radical (unpaired) electrons. The third-order valence-corrected chi connectivity index (χ3v) is 2.63. The normalized spacial score (nSPS) is 10.5. The van der Waals surface area contributed by atoms with Crippen LogP contribution >= 0.6 is 0 Å². The van der Waals surface area contributed by atoms with E-state index in [-0.39, 0.29) is 22.6 Å². The molecule has 0 fully saturated rings. The Kier molecular flexibility index (Phi) is 3.47. The van der Waals surface area contributed by atoms with Crippen molar-refractivity contribution in [3.63, 3.8) is 0 Å². The van der Waals surface area contributed by atoms with Crippen LogP contribution in [0.15, 0.2) is 18.2 Å². The van der Waals surface area contributed by atoms with Gasteiger partial charge in [0.1, 0.15) is 18.1 Å². The fraction of sp³-hybridized carbons (Fsp3) is 0.0833. The van der Waals surface area contributed by atoms with Gasteiger partial charge in [-0.2, -0.15) is 5.10 Å². The van der Waals surface area contributed by atoms with Crippen LogP contribution in [-0.2, 0) is 11.3 Å². The summed E-state index contributed by atoms with van der Waals surface area (Å²) in [7, 11) is 0. The summed E-state index contributed by atoms with van der Waals surface area (Å²) in [5.41, 5.74) is 5.66. The molecule has 0 aliphatic heterocycles. The molecular formula is C12H9F2N3O3. The summed E-state index contributed by atoms with van der Waals surface area (Å²) in [6.45, 7) is -0.545. The number of aromatic nitrogens is 2. The number of nitrogens with zero attached hydrogens (tertiary/aromatic N) is 2. The number of carbonyl (C=O) groups excluding carboxylic acids is 1. The van der Waals surface area contributed by atoms with Crippen LogP contribution in [0.25, 0.3) is 11.3 Å². The number of carboxylic acid groups (broad SMARTS) is 1. The largest absolute Gasteiger partial charge is 0.480 e. The Morgan fingerprint density at radius 1 is 1.40 bits per heavy atom. The predicted molar refractivity (Wildman–Crippen MR) is 65.0 cm³/mol. The molecule has 6 nitrogen and oxygen atoms in total. The molecule has 8 heteroatoms. The molecule has 0 spiro atoms. The number of nitrogen functional groups attached to an aromatic ring is 1. The third kappa shape index (κ3) is 2.35. The highest BCUT2D eigenvalue weighted by Crippen LogP contribution is 2.27. The van der Waals surface area contributed by atoms with Crippen molar-refractivity contribution in [3.8, 4) is 11.3 Å². The monoisotopic (exact) mass is 281 g/mol. The summed E-state index contributed by atoms with van der Waals surface area (Å²) >= 11 is 0. The van der Waals surface area contributed by atoms with Crippen LogP contribution in [0.1, 0.15) is 10.4 Å². The Balaban J connectivity index is 2.58. The number of hydrogen-bond donors (Lipinski definition) is 2. The van der Waals surface area contributed by atoms with Gasteiger partial charge in [-0.15, -0.1) is 0 Å². The molecular weight excluding hydrogens is 272 g/mol. The van der Waals surface area contributed by atoms with Crippen LogP contribution in [0.4, 0.5) is 14.6 Å². The van der Waals surface area contributed by atoms with Gasteiger partial charge >= 0.3 is 5.97 Å². The average Bonchev–Trinajstić information content (AvgIpc) is 2.69. The van der Waals surface area contributed by atoms with Gasteiger partial charge < -0.3 is 10.8 Å². The topological polar surface area (TPSA) is 98.2 Å². The maximum Gasteiger partial charge on any atom is 0.325 e. The molecule has 0 saturated carbocycles. The van der Waals surface area contributed by atoms with Crippen LogP contribution in [0.5, 0.6) is 0 Å². The zero-order valence-electron chi connectivity index (χ0n) is 10.0. The molecule has 1 aromatic carbocycles. The standard InChI is InChI=1S/C12H9F2N3O3/c13-8-2-1-6(3-9(8)14)11-7(5-18)12(15)17(16-11)4-10(19)20/h1-3,5H,4,15H2,(H,19,20). The number of carbonyl (C=O) groups is 2. The second kappa shape index (κ2) is 5.08. The van der Waals surface area contributed by atoms with E-state index in [1.165, 1.54) is 6.07 Å². The lowest BCUT2D eigenvalue weighted by Crippen LogP contribution is -2.12. The zero-order chi connectivity index (χ0) is 14.9. The molecule has 2 aromatic rings. The van der Waals surface area contributed by atoms with Crippen molar-refractivity contribution in [2.75, 3.05) is 5.73 Å². The van der Waals surface area contributed by atoms with Gasteiger partial charge in [-0.1, -0.05) is 0 Å². The SMILES string of the molecule is Nc1c(C=O)c(-c2ccc(F)c(F)c2)nn1CC(=O)O. The number of carboxylic acids is 1. The molecule has 20 heavy (non-hydrogen) atoms. The highest BCUT2D eigenvalue weighted by atomic mass is 19.2. The fourth-order valence-electron chi connectivity index (χ4n) is 1.71. The molecule has 0 atom stereocenters. The van der Waals surface area contributed by atoms with Crippen molar-refractivity contribution in [2.45, 2.75) is 6.54 Å². The zero-order valence-corrected chi connectivity index (χ0v) is 10.0. The number of aliphatic carboxylic acids is 1. The molecule has 1 aromatic heterocycles. The first-order chi connectivity index (χ1) is 9.43. The van der Waals surface area contributed by atoms with Crippen molar-refractivity contribution in [3.05, 3.63) is 35.4 Å². The van der Waals surface area contributed by atoms with Crippen molar-refractivity contribution in [2.24, 2.45) is 0 Å². The van der Waals surface area contributed by atoms with E-state index in [9.17, 15) is 18.4 Å². The highest BCUT2D eigenvalue weighted by Gasteiger charge is 2.19. The van der Waals surface area contributed by atoms with Gasteiger partial charge in [-0.05, 0) is 18.2 Å². The Hall–Kier alpha value is -2.77. The minimum absolute atomic E-state index is 0.00218. The molecule has 0 unspecified atom stereocenters. The van der Waals surface area contributed by atoms with Crippen molar-refractivity contribution < 1.29 is 23.5 Å². The van der Waals surface area contributed by atoms with Crippen LogP contribution in [0, 0.1) is 11.6 Å². The summed E-state index contributed by atoms with van der Waals surface area (Å²) in [6.07, 6.45) is 0.386. The van der Waals surface area contributed by atoms with Crippen LogP contribution in [-0.4, -0.2) is 27.1 Å². The van der Waals surface area contributed by atoms with E-state index in [1.54, 1.807) is 0 Å². The van der Waals surface area contributed by atoms with E-state index in [0.29, 0.717) is 6.29 Å². The van der Waals surface area contributed by atoms with Crippen LogP contribution < -0.4 is 5.73 Å². The molecule has 0 saturated heterocycles. The predicted octanol–water partition coefficient (Wildman–Crippen LogP) is 1.31. The minimum Gasteiger partial charge on any atom is -0.480 e. The first kappa shape index (κ1) is 13.7. The molecule has 0 aliphatic carbocycles. The Labute approximate surface area is 111 Å². The van der Waals surface area contributed by atoms with Gasteiger partial charge in [0.2, 0.25) is 0 Å². The van der Waals surface area contributed by atoms with Crippen molar-refractivity contribution in [1.29, 1.82) is 0 Å². The van der Waals surface area contributed by atoms with Crippen LogP contribution in [0.3, 0.4) is 0 Å². The number of rotatable bonds is 4. The van der Waals surface area contributed by atoms with Crippen molar-refractivity contribution in [1.82, 2.24) is 9.78 Å². The maximum absolute atomic E-state index is 13.2. The number of halogens is 2. The minimum atomic E-state index is -1.20. The maximum atomic E-state index is 13.2. The number of anilines is 1. The summed E-state index contributed by atoms with van der Waals surface area (Å²) in [5.74, 6) is -3.50. The number of nitrogens with two attached hydrogens (primary N) is 1. The summed E-state index contributed by atoms with van der Waals surface area (Å²) in [6, 6.07) is 2.96. The molecule has 2 rings (SSSR count). The molecule has 0 bridgehead atoms. The molecule has 104 valence electrons. The Bertz CT molecular complexity index is 697. The van der Waals surface area contributed by atoms with E-state index in [0.717, 1.165) is 16.8 Å². The summed E-state index contributed by atoms with van der Waals surface area (Å²) in [5, 5.41) is 12.6. The first-order valence-electron chi connectivity index (χ1n) is 5.42. The highest BCUT2D eigenvalue weighted by molar-refractivity contribution is 5.91. The van der Waals surface area contributed by atoms with E-state index in [4.69, 9.17) is 10.8 Å². The van der Waals surface area contributed by atoms with Crippen molar-refractivity contribution >= 4 is 18.1 Å². The quantitative estimate of drug-likeness (QED) is 0.823. The molecule has 0 amide bonds. The van der Waals surface area contributed by atoms with Gasteiger partial charge in [0, 0.05) is 5.56 Å². The third-order valence-electron chi connectivity index (χ3n) is 2.63. The Morgan fingerprint density at radius 3 is 2.65 bits per heavy atom. The summed E-state index contributed by atoms with van der Waals surface area (Å²) in [4.78, 5) is 21.7. The van der Waals surface area contributed by atoms with Gasteiger partial charge in [0.25, 0.3) is 0 Å². The summed E-state index contributed by atoms with van der Waals surface area (Å²) < 4.78 is 27.0. The second-order valence-corrected chi connectivity index (χ2v) is 3.95. The average molecular weight is 281 g/mol. The van der Waals surface area contributed by atoms with E-state index in [2.05, 4.69) is 5.10 Å². The van der Waals surface area contributed by atoms with E-state index < -0.39 is 24.1 Å². The van der Waals surface area contributed by atoms with Gasteiger partial charge in [0.05, 0.1) is 5.56 Å². The van der Waals surface area contributed by atoms with Gasteiger partial charge in [0.15, 0.2) is 17.9 Å². The van der Waals surface area contributed by atoms with E-state index in [1.807, 2.05) is 0 Å². The number of benzene rings is 1. The fourth-order valence-corrected chi connectivity index (χ4v) is 1.71.